The first-order valence-electron chi connectivity index (χ1n) is 4.08. The van der Waals surface area contributed by atoms with Crippen LogP contribution in [0, 0.1) is 0 Å². The largest absolute Gasteiger partial charge is 0.379 e. The quantitative estimate of drug-likeness (QED) is 0.568. The molecule has 0 unspecified atom stereocenters. The summed E-state index contributed by atoms with van der Waals surface area (Å²) in [4.78, 5) is 0. The van der Waals surface area contributed by atoms with Gasteiger partial charge >= 0.3 is 0 Å². The lowest BCUT2D eigenvalue weighted by Crippen LogP contribution is -2.21. The summed E-state index contributed by atoms with van der Waals surface area (Å²) >= 11 is 5.93. The van der Waals surface area contributed by atoms with Crippen LogP contribution < -0.4 is 0 Å². The van der Waals surface area contributed by atoms with Crippen molar-refractivity contribution in [2.75, 3.05) is 6.61 Å². The Kier molecular flexibility index (Phi) is 3.50. The molecule has 0 spiro atoms. The van der Waals surface area contributed by atoms with E-state index in [4.69, 9.17) is 16.3 Å². The molecular formula is C8H15ClO. The van der Waals surface area contributed by atoms with Crippen molar-refractivity contribution in [1.82, 2.24) is 0 Å². The van der Waals surface area contributed by atoms with Gasteiger partial charge in [-0.3, -0.25) is 0 Å². The average Bonchev–Trinajstić information content (AvgIpc) is 1.95. The number of hydrogen-bond donors (Lipinski definition) is 0. The SMILES string of the molecule is CCOC1CCC(Cl)CC1. The molecule has 1 fully saturated rings. The van der Waals surface area contributed by atoms with E-state index in [1.165, 1.54) is 0 Å². The Hall–Kier alpha value is 0.250. The van der Waals surface area contributed by atoms with Crippen LogP contribution in [0.4, 0.5) is 0 Å². The summed E-state index contributed by atoms with van der Waals surface area (Å²) in [6.45, 7) is 2.89. The molecule has 60 valence electrons. The Labute approximate surface area is 67.7 Å². The number of halogens is 1. The first-order chi connectivity index (χ1) is 4.83. The van der Waals surface area contributed by atoms with Crippen molar-refractivity contribution in [2.45, 2.75) is 44.1 Å². The van der Waals surface area contributed by atoms with E-state index in [-0.39, 0.29) is 0 Å². The highest BCUT2D eigenvalue weighted by atomic mass is 35.5. The van der Waals surface area contributed by atoms with Crippen LogP contribution in [0.1, 0.15) is 32.6 Å². The number of rotatable bonds is 2. The second-order valence-electron chi connectivity index (χ2n) is 2.83. The van der Waals surface area contributed by atoms with Gasteiger partial charge in [-0.1, -0.05) is 0 Å². The highest BCUT2D eigenvalue weighted by molar-refractivity contribution is 6.20. The summed E-state index contributed by atoms with van der Waals surface area (Å²) in [7, 11) is 0. The van der Waals surface area contributed by atoms with Crippen LogP contribution in [0.5, 0.6) is 0 Å². The van der Waals surface area contributed by atoms with Crippen molar-refractivity contribution in [3.05, 3.63) is 0 Å². The Balaban J connectivity index is 2.13. The first-order valence-corrected chi connectivity index (χ1v) is 4.52. The molecule has 10 heavy (non-hydrogen) atoms. The Morgan fingerprint density at radius 1 is 1.30 bits per heavy atom. The molecule has 1 rings (SSSR count). The second-order valence-corrected chi connectivity index (χ2v) is 3.45. The van der Waals surface area contributed by atoms with Crippen LogP contribution in [0.25, 0.3) is 0 Å². The second kappa shape index (κ2) is 4.20. The van der Waals surface area contributed by atoms with Gasteiger partial charge in [-0.25, -0.2) is 0 Å². The zero-order chi connectivity index (χ0) is 7.40. The number of hydrogen-bond acceptors (Lipinski definition) is 1. The summed E-state index contributed by atoms with van der Waals surface area (Å²) < 4.78 is 5.47. The molecule has 0 aromatic rings. The minimum absolute atomic E-state index is 0.414. The summed E-state index contributed by atoms with van der Waals surface area (Å²) in [6, 6.07) is 0. The van der Waals surface area contributed by atoms with Crippen LogP contribution >= 0.6 is 11.6 Å². The normalized spacial score (nSPS) is 34.2. The van der Waals surface area contributed by atoms with E-state index in [0.29, 0.717) is 11.5 Å². The molecule has 0 atom stereocenters. The predicted molar refractivity (Wildman–Crippen MR) is 43.5 cm³/mol. The fourth-order valence-electron chi connectivity index (χ4n) is 1.42. The first kappa shape index (κ1) is 8.35. The minimum atomic E-state index is 0.414. The van der Waals surface area contributed by atoms with Crippen molar-refractivity contribution in [2.24, 2.45) is 0 Å². The number of alkyl halides is 1. The van der Waals surface area contributed by atoms with Gasteiger partial charge in [0, 0.05) is 12.0 Å². The molecule has 0 aromatic heterocycles. The van der Waals surface area contributed by atoms with E-state index in [9.17, 15) is 0 Å². The Morgan fingerprint density at radius 2 is 1.90 bits per heavy atom. The maximum atomic E-state index is 5.93. The summed E-state index contributed by atoms with van der Waals surface area (Å²) in [5, 5.41) is 0.414. The van der Waals surface area contributed by atoms with E-state index in [2.05, 4.69) is 0 Å². The van der Waals surface area contributed by atoms with Gasteiger partial charge in [-0.05, 0) is 32.6 Å². The Morgan fingerprint density at radius 3 is 2.40 bits per heavy atom. The molecule has 0 aliphatic heterocycles. The van der Waals surface area contributed by atoms with Gasteiger partial charge in [-0.2, -0.15) is 0 Å². The lowest BCUT2D eigenvalue weighted by atomic mass is 9.97. The van der Waals surface area contributed by atoms with Crippen molar-refractivity contribution in [1.29, 1.82) is 0 Å². The van der Waals surface area contributed by atoms with Crippen LogP contribution in [-0.2, 0) is 4.74 Å². The zero-order valence-electron chi connectivity index (χ0n) is 6.48. The van der Waals surface area contributed by atoms with E-state index in [0.717, 1.165) is 32.3 Å². The lowest BCUT2D eigenvalue weighted by molar-refractivity contribution is 0.0375. The van der Waals surface area contributed by atoms with E-state index in [1.807, 2.05) is 6.92 Å². The maximum absolute atomic E-state index is 5.93. The van der Waals surface area contributed by atoms with Gasteiger partial charge in [0.1, 0.15) is 0 Å². The van der Waals surface area contributed by atoms with E-state index < -0.39 is 0 Å². The van der Waals surface area contributed by atoms with Gasteiger partial charge in [0.15, 0.2) is 0 Å². The third-order valence-corrected chi connectivity index (χ3v) is 2.44. The molecule has 0 heterocycles. The minimum Gasteiger partial charge on any atom is -0.379 e. The standard InChI is InChI=1S/C8H15ClO/c1-2-10-8-5-3-7(9)4-6-8/h7-8H,2-6H2,1H3. The molecule has 1 aliphatic carbocycles. The van der Waals surface area contributed by atoms with E-state index in [1.54, 1.807) is 0 Å². The van der Waals surface area contributed by atoms with Crippen molar-refractivity contribution < 1.29 is 4.74 Å². The zero-order valence-corrected chi connectivity index (χ0v) is 7.23. The molecule has 0 aromatic carbocycles. The molecule has 0 saturated heterocycles. The summed E-state index contributed by atoms with van der Waals surface area (Å²) in [5.74, 6) is 0. The van der Waals surface area contributed by atoms with Crippen molar-refractivity contribution in [3.63, 3.8) is 0 Å². The highest BCUT2D eigenvalue weighted by Crippen LogP contribution is 2.24. The van der Waals surface area contributed by atoms with Crippen molar-refractivity contribution >= 4 is 11.6 Å². The molecule has 0 amide bonds. The highest BCUT2D eigenvalue weighted by Gasteiger charge is 2.18. The molecule has 0 bridgehead atoms. The van der Waals surface area contributed by atoms with Gasteiger partial charge in [-0.15, -0.1) is 11.6 Å². The predicted octanol–water partition coefficient (Wildman–Crippen LogP) is 2.57. The van der Waals surface area contributed by atoms with Gasteiger partial charge < -0.3 is 4.74 Å². The molecule has 0 radical (unpaired) electrons. The molecule has 1 saturated carbocycles. The van der Waals surface area contributed by atoms with Crippen LogP contribution in [0.3, 0.4) is 0 Å². The topological polar surface area (TPSA) is 9.23 Å². The fraction of sp³-hybridized carbons (Fsp3) is 1.00. The molecule has 2 heteroatoms. The van der Waals surface area contributed by atoms with Crippen LogP contribution in [0.2, 0.25) is 0 Å². The molecule has 0 N–H and O–H groups in total. The molecular weight excluding hydrogens is 148 g/mol. The van der Waals surface area contributed by atoms with E-state index >= 15 is 0 Å². The monoisotopic (exact) mass is 162 g/mol. The summed E-state index contributed by atoms with van der Waals surface area (Å²) in [5.41, 5.74) is 0. The van der Waals surface area contributed by atoms with Gasteiger partial charge in [0.25, 0.3) is 0 Å². The van der Waals surface area contributed by atoms with Crippen LogP contribution in [-0.4, -0.2) is 18.1 Å². The fourth-order valence-corrected chi connectivity index (χ4v) is 1.68. The van der Waals surface area contributed by atoms with Gasteiger partial charge in [0.05, 0.1) is 6.10 Å². The average molecular weight is 163 g/mol. The van der Waals surface area contributed by atoms with Crippen molar-refractivity contribution in [3.8, 4) is 0 Å². The summed E-state index contributed by atoms with van der Waals surface area (Å²) in [6.07, 6.45) is 5.07. The maximum Gasteiger partial charge on any atom is 0.0576 e. The number of ether oxygens (including phenoxy) is 1. The Bertz CT molecular complexity index is 87.3. The third-order valence-electron chi connectivity index (χ3n) is 2.01. The van der Waals surface area contributed by atoms with Crippen LogP contribution in [0.15, 0.2) is 0 Å². The smallest absolute Gasteiger partial charge is 0.0576 e. The molecule has 1 nitrogen and oxygen atoms in total. The third kappa shape index (κ3) is 2.47. The lowest BCUT2D eigenvalue weighted by Gasteiger charge is -2.24. The molecule has 1 aliphatic rings. The van der Waals surface area contributed by atoms with Gasteiger partial charge in [0.2, 0.25) is 0 Å².